The van der Waals surface area contributed by atoms with Crippen molar-refractivity contribution in [1.29, 1.82) is 5.26 Å². The minimum Gasteiger partial charge on any atom is -0.297 e. The first-order valence-corrected chi connectivity index (χ1v) is 5.55. The molecule has 0 aromatic rings. The van der Waals surface area contributed by atoms with Crippen molar-refractivity contribution in [3.8, 4) is 6.07 Å². The summed E-state index contributed by atoms with van der Waals surface area (Å²) in [6.07, 6.45) is 4.97. The minimum atomic E-state index is 0.273. The second kappa shape index (κ2) is 3.20. The van der Waals surface area contributed by atoms with E-state index in [0.29, 0.717) is 24.2 Å². The van der Waals surface area contributed by atoms with Gasteiger partial charge in [0.1, 0.15) is 0 Å². The van der Waals surface area contributed by atoms with E-state index in [2.05, 4.69) is 22.2 Å². The molecule has 2 saturated heterocycles. The molecule has 0 amide bonds. The van der Waals surface area contributed by atoms with Crippen LogP contribution >= 0.6 is 0 Å². The second-order valence-electron chi connectivity index (χ2n) is 4.72. The average Bonchev–Trinajstić information content (AvgIpc) is 2.45. The second-order valence-corrected chi connectivity index (χ2v) is 4.72. The van der Waals surface area contributed by atoms with E-state index in [0.717, 1.165) is 12.8 Å². The lowest BCUT2D eigenvalue weighted by molar-refractivity contribution is 0.114. The van der Waals surface area contributed by atoms with Gasteiger partial charge in [0.25, 0.3) is 0 Å². The standard InChI is InChI=1S/C10H16N4/c11-5-6-2-1-3-7-9-8(4-6)12-10(9)14-13-7/h6-10,12-14H,1-4H2. The van der Waals surface area contributed by atoms with E-state index in [4.69, 9.17) is 5.26 Å². The van der Waals surface area contributed by atoms with Gasteiger partial charge in [0.15, 0.2) is 0 Å². The quantitative estimate of drug-likeness (QED) is 0.509. The van der Waals surface area contributed by atoms with E-state index < -0.39 is 0 Å². The fraction of sp³-hybridized carbons (Fsp3) is 0.900. The first kappa shape index (κ1) is 8.66. The van der Waals surface area contributed by atoms with Crippen LogP contribution in [0.2, 0.25) is 0 Å². The lowest BCUT2D eigenvalue weighted by Gasteiger charge is -2.45. The molecule has 4 heteroatoms. The van der Waals surface area contributed by atoms with Gasteiger partial charge in [-0.2, -0.15) is 5.26 Å². The Hall–Kier alpha value is -0.630. The predicted molar refractivity (Wildman–Crippen MR) is 51.8 cm³/mol. The number of hydrazine groups is 1. The van der Waals surface area contributed by atoms with Gasteiger partial charge in [0, 0.05) is 23.9 Å². The normalized spacial score (nSPS) is 50.9. The van der Waals surface area contributed by atoms with Crippen LogP contribution < -0.4 is 16.2 Å². The summed E-state index contributed by atoms with van der Waals surface area (Å²) in [4.78, 5) is 0. The Morgan fingerprint density at radius 3 is 2.93 bits per heavy atom. The lowest BCUT2D eigenvalue weighted by Crippen LogP contribution is -2.65. The summed E-state index contributed by atoms with van der Waals surface area (Å²) >= 11 is 0. The molecule has 0 spiro atoms. The van der Waals surface area contributed by atoms with Crippen LogP contribution in [0.25, 0.3) is 0 Å². The van der Waals surface area contributed by atoms with Crippen molar-refractivity contribution in [2.75, 3.05) is 0 Å². The SMILES string of the molecule is N#CC1CCCC2NNC3NC(C1)C23. The Balaban J connectivity index is 1.74. The monoisotopic (exact) mass is 192 g/mol. The van der Waals surface area contributed by atoms with E-state index in [1.807, 2.05) is 0 Å². The maximum Gasteiger partial charge on any atom is 0.0765 e. The van der Waals surface area contributed by atoms with E-state index in [1.54, 1.807) is 0 Å². The smallest absolute Gasteiger partial charge is 0.0765 e. The molecule has 3 aliphatic rings. The number of nitriles is 1. The maximum absolute atomic E-state index is 8.97. The molecule has 2 heterocycles. The van der Waals surface area contributed by atoms with Crippen molar-refractivity contribution in [3.63, 3.8) is 0 Å². The summed E-state index contributed by atoms with van der Waals surface area (Å²) < 4.78 is 0. The molecule has 0 radical (unpaired) electrons. The van der Waals surface area contributed by atoms with Gasteiger partial charge in [-0.1, -0.05) is 6.42 Å². The molecule has 1 aliphatic carbocycles. The molecule has 5 atom stereocenters. The van der Waals surface area contributed by atoms with E-state index >= 15 is 0 Å². The minimum absolute atomic E-state index is 0.273. The van der Waals surface area contributed by atoms with Crippen LogP contribution in [0.4, 0.5) is 0 Å². The van der Waals surface area contributed by atoms with E-state index in [-0.39, 0.29) is 5.92 Å². The first-order chi connectivity index (χ1) is 6.88. The van der Waals surface area contributed by atoms with Crippen molar-refractivity contribution in [2.24, 2.45) is 11.8 Å². The van der Waals surface area contributed by atoms with Crippen molar-refractivity contribution >= 4 is 0 Å². The lowest BCUT2D eigenvalue weighted by atomic mass is 9.74. The van der Waals surface area contributed by atoms with Crippen LogP contribution in [-0.4, -0.2) is 18.2 Å². The first-order valence-electron chi connectivity index (χ1n) is 5.55. The molecule has 5 unspecified atom stereocenters. The molecule has 3 fully saturated rings. The molecule has 1 saturated carbocycles. The van der Waals surface area contributed by atoms with Gasteiger partial charge in [-0.25, -0.2) is 5.43 Å². The fourth-order valence-corrected chi connectivity index (χ4v) is 3.13. The van der Waals surface area contributed by atoms with Crippen molar-refractivity contribution in [1.82, 2.24) is 16.2 Å². The highest BCUT2D eigenvalue weighted by Crippen LogP contribution is 2.36. The van der Waals surface area contributed by atoms with Gasteiger partial charge >= 0.3 is 0 Å². The Morgan fingerprint density at radius 2 is 2.07 bits per heavy atom. The van der Waals surface area contributed by atoms with E-state index in [9.17, 15) is 0 Å². The zero-order valence-corrected chi connectivity index (χ0v) is 8.16. The maximum atomic E-state index is 8.97. The average molecular weight is 192 g/mol. The topological polar surface area (TPSA) is 59.9 Å². The summed E-state index contributed by atoms with van der Waals surface area (Å²) in [5, 5.41) is 12.5. The molecule has 2 aliphatic heterocycles. The fourth-order valence-electron chi connectivity index (χ4n) is 3.13. The van der Waals surface area contributed by atoms with Gasteiger partial charge in [0.2, 0.25) is 0 Å². The van der Waals surface area contributed by atoms with Gasteiger partial charge in [-0.15, -0.1) is 0 Å². The zero-order valence-electron chi connectivity index (χ0n) is 8.16. The van der Waals surface area contributed by atoms with E-state index in [1.165, 1.54) is 12.8 Å². The Kier molecular flexibility index (Phi) is 1.98. The van der Waals surface area contributed by atoms with Crippen LogP contribution in [0, 0.1) is 23.2 Å². The number of nitrogens with zero attached hydrogens (tertiary/aromatic N) is 1. The molecule has 3 rings (SSSR count). The highest BCUT2D eigenvalue weighted by atomic mass is 15.5. The molecule has 0 aromatic carbocycles. The zero-order chi connectivity index (χ0) is 9.54. The number of rotatable bonds is 0. The van der Waals surface area contributed by atoms with Crippen molar-refractivity contribution < 1.29 is 0 Å². The molecular weight excluding hydrogens is 176 g/mol. The summed E-state index contributed by atoms with van der Waals surface area (Å²) in [6.45, 7) is 0. The third-order valence-electron chi connectivity index (χ3n) is 3.92. The molecule has 0 bridgehead atoms. The molecule has 3 N–H and O–H groups in total. The Bertz CT molecular complexity index is 272. The number of hydrogen-bond donors (Lipinski definition) is 3. The Labute approximate surface area is 84.0 Å². The third-order valence-corrected chi connectivity index (χ3v) is 3.92. The van der Waals surface area contributed by atoms with Crippen molar-refractivity contribution in [2.45, 2.75) is 43.9 Å². The van der Waals surface area contributed by atoms with Gasteiger partial charge in [-0.3, -0.25) is 10.7 Å². The summed E-state index contributed by atoms with van der Waals surface area (Å²) in [5.41, 5.74) is 6.63. The highest BCUT2D eigenvalue weighted by molar-refractivity contribution is 5.08. The molecule has 4 nitrogen and oxygen atoms in total. The largest absolute Gasteiger partial charge is 0.297 e. The van der Waals surface area contributed by atoms with Crippen LogP contribution in [0.15, 0.2) is 0 Å². The third kappa shape index (κ3) is 1.17. The summed E-state index contributed by atoms with van der Waals surface area (Å²) in [5.74, 6) is 0.987. The Morgan fingerprint density at radius 1 is 1.14 bits per heavy atom. The molecular formula is C10H16N4. The predicted octanol–water partition coefficient (Wildman–Crippen LogP) is 0.0907. The van der Waals surface area contributed by atoms with Gasteiger partial charge < -0.3 is 0 Å². The number of hydrogen-bond acceptors (Lipinski definition) is 4. The van der Waals surface area contributed by atoms with Crippen LogP contribution in [0.3, 0.4) is 0 Å². The van der Waals surface area contributed by atoms with Crippen LogP contribution in [0.1, 0.15) is 25.7 Å². The number of nitrogens with one attached hydrogen (secondary N) is 3. The van der Waals surface area contributed by atoms with Crippen LogP contribution in [-0.2, 0) is 0 Å². The molecule has 0 aromatic heterocycles. The van der Waals surface area contributed by atoms with Crippen molar-refractivity contribution in [3.05, 3.63) is 0 Å². The van der Waals surface area contributed by atoms with Gasteiger partial charge in [0.05, 0.1) is 12.2 Å². The summed E-state index contributed by atoms with van der Waals surface area (Å²) in [6, 6.07) is 3.62. The van der Waals surface area contributed by atoms with Crippen LogP contribution in [0.5, 0.6) is 0 Å². The highest BCUT2D eigenvalue weighted by Gasteiger charge is 2.50. The van der Waals surface area contributed by atoms with Gasteiger partial charge in [-0.05, 0) is 19.3 Å². The molecule has 76 valence electrons. The summed E-state index contributed by atoms with van der Waals surface area (Å²) in [7, 11) is 0. The molecule has 14 heavy (non-hydrogen) atoms.